The Hall–Kier alpha value is -2.71. The Kier molecular flexibility index (Phi) is 3.85. The van der Waals surface area contributed by atoms with E-state index in [9.17, 15) is 18.5 Å². The van der Waals surface area contributed by atoms with Gasteiger partial charge in [-0.3, -0.25) is 10.1 Å². The third kappa shape index (κ3) is 3.22. The van der Waals surface area contributed by atoms with Crippen molar-refractivity contribution in [3.05, 3.63) is 70.4 Å². The van der Waals surface area contributed by atoms with Crippen LogP contribution in [-0.2, 0) is 16.6 Å². The van der Waals surface area contributed by atoms with E-state index in [-0.39, 0.29) is 17.1 Å². The van der Waals surface area contributed by atoms with E-state index >= 15 is 0 Å². The molecule has 23 heavy (non-hydrogen) atoms. The lowest BCUT2D eigenvalue weighted by Gasteiger charge is -2.07. The molecule has 0 aliphatic carbocycles. The molecule has 0 radical (unpaired) electrons. The van der Waals surface area contributed by atoms with Crippen molar-refractivity contribution in [1.29, 1.82) is 0 Å². The van der Waals surface area contributed by atoms with E-state index in [1.165, 1.54) is 18.2 Å². The maximum atomic E-state index is 12.3. The summed E-state index contributed by atoms with van der Waals surface area (Å²) in [4.78, 5) is 13.0. The molecule has 0 aliphatic rings. The number of nitrogens with zero attached hydrogens (tertiary/aromatic N) is 1. The first-order valence-corrected chi connectivity index (χ1v) is 8.24. The standard InChI is InChI=1S/C15H13N3O4S/c19-18(20)13-2-1-3-14(9-13)23(21,22)17-10-11-4-5-15-12(8-11)6-7-16-15/h1-9,16-17H,10H2. The molecular weight excluding hydrogens is 318 g/mol. The van der Waals surface area contributed by atoms with Gasteiger partial charge in [0.2, 0.25) is 10.0 Å². The highest BCUT2D eigenvalue weighted by Crippen LogP contribution is 2.18. The number of hydrogen-bond donors (Lipinski definition) is 2. The van der Waals surface area contributed by atoms with Crippen molar-refractivity contribution in [2.24, 2.45) is 0 Å². The highest BCUT2D eigenvalue weighted by atomic mass is 32.2. The van der Waals surface area contributed by atoms with Gasteiger partial charge in [0.15, 0.2) is 0 Å². The second-order valence-electron chi connectivity index (χ2n) is 4.98. The number of aromatic nitrogens is 1. The monoisotopic (exact) mass is 331 g/mol. The molecule has 0 unspecified atom stereocenters. The number of sulfonamides is 1. The van der Waals surface area contributed by atoms with Crippen LogP contribution in [0.25, 0.3) is 10.9 Å². The topological polar surface area (TPSA) is 105 Å². The molecule has 0 spiro atoms. The third-order valence-electron chi connectivity index (χ3n) is 3.42. The van der Waals surface area contributed by atoms with E-state index < -0.39 is 14.9 Å². The molecule has 0 saturated carbocycles. The molecule has 1 heterocycles. The molecule has 0 amide bonds. The molecule has 7 nitrogen and oxygen atoms in total. The van der Waals surface area contributed by atoms with Gasteiger partial charge in [-0.05, 0) is 35.2 Å². The molecule has 3 aromatic rings. The molecule has 1 aromatic heterocycles. The van der Waals surface area contributed by atoms with Crippen LogP contribution in [0, 0.1) is 10.1 Å². The van der Waals surface area contributed by atoms with E-state index in [0.29, 0.717) is 0 Å². The summed E-state index contributed by atoms with van der Waals surface area (Å²) in [6.45, 7) is 0.103. The average Bonchev–Trinajstić information content (AvgIpc) is 3.01. The molecule has 118 valence electrons. The Labute approximate surface area is 132 Å². The summed E-state index contributed by atoms with van der Waals surface area (Å²) in [6.07, 6.45) is 1.81. The molecule has 8 heteroatoms. The zero-order valence-electron chi connectivity index (χ0n) is 11.9. The average molecular weight is 331 g/mol. The van der Waals surface area contributed by atoms with Gasteiger partial charge in [-0.15, -0.1) is 0 Å². The summed E-state index contributed by atoms with van der Waals surface area (Å²) in [6, 6.07) is 12.4. The van der Waals surface area contributed by atoms with Crippen LogP contribution in [0.4, 0.5) is 5.69 Å². The lowest BCUT2D eigenvalue weighted by Crippen LogP contribution is -2.23. The molecule has 0 bridgehead atoms. The van der Waals surface area contributed by atoms with Crippen LogP contribution in [-0.4, -0.2) is 18.3 Å². The van der Waals surface area contributed by atoms with Crippen molar-refractivity contribution < 1.29 is 13.3 Å². The first-order chi connectivity index (χ1) is 11.0. The SMILES string of the molecule is O=[N+]([O-])c1cccc(S(=O)(=O)NCc2ccc3[nH]ccc3c2)c1. The van der Waals surface area contributed by atoms with Crippen LogP contribution in [0.3, 0.4) is 0 Å². The number of rotatable bonds is 5. The van der Waals surface area contributed by atoms with E-state index in [0.717, 1.165) is 22.5 Å². The molecule has 0 fully saturated rings. The largest absolute Gasteiger partial charge is 0.361 e. The van der Waals surface area contributed by atoms with E-state index in [1.807, 2.05) is 30.5 Å². The molecule has 0 saturated heterocycles. The lowest BCUT2D eigenvalue weighted by atomic mass is 10.1. The van der Waals surface area contributed by atoms with Crippen LogP contribution in [0.1, 0.15) is 5.56 Å². The van der Waals surface area contributed by atoms with Gasteiger partial charge in [0.05, 0.1) is 9.82 Å². The van der Waals surface area contributed by atoms with Gasteiger partial charge >= 0.3 is 0 Å². The number of aromatic amines is 1. The zero-order valence-corrected chi connectivity index (χ0v) is 12.7. The second-order valence-corrected chi connectivity index (χ2v) is 6.75. The van der Waals surface area contributed by atoms with Crippen molar-refractivity contribution in [1.82, 2.24) is 9.71 Å². The molecular formula is C15H13N3O4S. The number of nitro benzene ring substituents is 1. The van der Waals surface area contributed by atoms with E-state index in [1.54, 1.807) is 0 Å². The van der Waals surface area contributed by atoms with Gasteiger partial charge in [0, 0.05) is 30.4 Å². The summed E-state index contributed by atoms with van der Waals surface area (Å²) in [5.74, 6) is 0. The van der Waals surface area contributed by atoms with E-state index in [4.69, 9.17) is 0 Å². The van der Waals surface area contributed by atoms with Crippen LogP contribution < -0.4 is 4.72 Å². The van der Waals surface area contributed by atoms with Gasteiger partial charge in [-0.1, -0.05) is 12.1 Å². The minimum absolute atomic E-state index is 0.103. The van der Waals surface area contributed by atoms with Crippen molar-refractivity contribution in [2.45, 2.75) is 11.4 Å². The number of nitrogens with one attached hydrogen (secondary N) is 2. The van der Waals surface area contributed by atoms with Crippen LogP contribution >= 0.6 is 0 Å². The molecule has 2 aromatic carbocycles. The summed E-state index contributed by atoms with van der Waals surface area (Å²) in [5, 5.41) is 11.7. The maximum Gasteiger partial charge on any atom is 0.270 e. The van der Waals surface area contributed by atoms with Gasteiger partial charge < -0.3 is 4.98 Å². The number of nitro groups is 1. The predicted molar refractivity (Wildman–Crippen MR) is 85.4 cm³/mol. The molecule has 2 N–H and O–H groups in total. The van der Waals surface area contributed by atoms with Gasteiger partial charge in [-0.2, -0.15) is 0 Å². The lowest BCUT2D eigenvalue weighted by molar-refractivity contribution is -0.385. The normalized spacial score (nSPS) is 11.7. The van der Waals surface area contributed by atoms with Crippen molar-refractivity contribution in [3.63, 3.8) is 0 Å². The smallest absolute Gasteiger partial charge is 0.270 e. The quantitative estimate of drug-likeness (QED) is 0.553. The Morgan fingerprint density at radius 3 is 2.74 bits per heavy atom. The van der Waals surface area contributed by atoms with Crippen molar-refractivity contribution in [2.75, 3.05) is 0 Å². The first kappa shape index (κ1) is 15.2. The van der Waals surface area contributed by atoms with Crippen LogP contribution in [0.5, 0.6) is 0 Å². The van der Waals surface area contributed by atoms with Crippen molar-refractivity contribution in [3.8, 4) is 0 Å². The first-order valence-electron chi connectivity index (χ1n) is 6.76. The fourth-order valence-electron chi connectivity index (χ4n) is 2.24. The summed E-state index contributed by atoms with van der Waals surface area (Å²) in [5.41, 5.74) is 1.50. The Bertz CT molecular complexity index is 979. The zero-order chi connectivity index (χ0) is 16.4. The molecule has 0 atom stereocenters. The number of benzene rings is 2. The predicted octanol–water partition coefficient (Wildman–Crippen LogP) is 2.55. The fourth-order valence-corrected chi connectivity index (χ4v) is 3.30. The fraction of sp³-hybridized carbons (Fsp3) is 0.0667. The Morgan fingerprint density at radius 2 is 1.96 bits per heavy atom. The van der Waals surface area contributed by atoms with Crippen LogP contribution in [0.2, 0.25) is 0 Å². The van der Waals surface area contributed by atoms with Gasteiger partial charge in [0.25, 0.3) is 5.69 Å². The summed E-state index contributed by atoms with van der Waals surface area (Å²) >= 11 is 0. The Balaban J connectivity index is 1.80. The minimum atomic E-state index is -3.82. The van der Waals surface area contributed by atoms with Gasteiger partial charge in [-0.25, -0.2) is 13.1 Å². The third-order valence-corrected chi connectivity index (χ3v) is 4.82. The van der Waals surface area contributed by atoms with Gasteiger partial charge in [0.1, 0.15) is 0 Å². The maximum absolute atomic E-state index is 12.3. The number of H-pyrrole nitrogens is 1. The summed E-state index contributed by atoms with van der Waals surface area (Å²) < 4.78 is 27.0. The highest BCUT2D eigenvalue weighted by Gasteiger charge is 2.17. The van der Waals surface area contributed by atoms with Crippen molar-refractivity contribution >= 4 is 26.6 Å². The van der Waals surface area contributed by atoms with E-state index in [2.05, 4.69) is 9.71 Å². The number of fused-ring (bicyclic) bond motifs is 1. The minimum Gasteiger partial charge on any atom is -0.361 e. The highest BCUT2D eigenvalue weighted by molar-refractivity contribution is 7.89. The molecule has 0 aliphatic heterocycles. The Morgan fingerprint density at radius 1 is 1.13 bits per heavy atom. The molecule has 3 rings (SSSR count). The summed E-state index contributed by atoms with van der Waals surface area (Å²) in [7, 11) is -3.82. The van der Waals surface area contributed by atoms with Crippen LogP contribution in [0.15, 0.2) is 59.6 Å². The number of non-ortho nitro benzene ring substituents is 1. The number of hydrogen-bond acceptors (Lipinski definition) is 4. The second kappa shape index (κ2) is 5.82.